The van der Waals surface area contributed by atoms with Gasteiger partial charge in [-0.15, -0.1) is 0 Å². The van der Waals surface area contributed by atoms with E-state index in [-0.39, 0.29) is 6.54 Å². The van der Waals surface area contributed by atoms with Gasteiger partial charge in [0.05, 0.1) is 12.0 Å². The van der Waals surface area contributed by atoms with Crippen molar-refractivity contribution in [1.29, 1.82) is 5.41 Å². The van der Waals surface area contributed by atoms with Gasteiger partial charge >= 0.3 is 12.1 Å². The van der Waals surface area contributed by atoms with E-state index in [0.29, 0.717) is 24.7 Å². The van der Waals surface area contributed by atoms with Crippen LogP contribution in [0, 0.1) is 17.1 Å². The molecule has 0 atom stereocenters. The molecule has 0 heterocycles. The molecule has 1 fully saturated rings. The Kier molecular flexibility index (Phi) is 6.76. The van der Waals surface area contributed by atoms with Crippen LogP contribution in [0.3, 0.4) is 0 Å². The van der Waals surface area contributed by atoms with Crippen LogP contribution >= 0.6 is 0 Å². The number of ether oxygens (including phenoxy) is 1. The van der Waals surface area contributed by atoms with Crippen LogP contribution in [0.25, 0.3) is 0 Å². The van der Waals surface area contributed by atoms with Gasteiger partial charge in [0.25, 0.3) is 0 Å². The van der Waals surface area contributed by atoms with E-state index in [4.69, 9.17) is 10.1 Å². The molecule has 1 saturated carbocycles. The Morgan fingerprint density at radius 3 is 2.44 bits per heavy atom. The first-order valence-electron chi connectivity index (χ1n) is 9.01. The number of carbonyl (C=O) groups excluding carboxylic acids is 2. The van der Waals surface area contributed by atoms with E-state index in [0.717, 1.165) is 24.1 Å². The number of nitrogens with one attached hydrogen (secondary N) is 2. The Balaban J connectivity index is 1.90. The van der Waals surface area contributed by atoms with E-state index in [1.54, 1.807) is 4.90 Å². The fraction of sp³-hybridized carbons (Fsp3) is 0.526. The number of rotatable bonds is 7. The molecule has 0 unspecified atom stereocenters. The lowest BCUT2D eigenvalue weighted by Crippen LogP contribution is -2.45. The van der Waals surface area contributed by atoms with Gasteiger partial charge in [-0.3, -0.25) is 10.3 Å². The van der Waals surface area contributed by atoms with Gasteiger partial charge in [-0.05, 0) is 63.8 Å². The Hall–Kier alpha value is -2.64. The maximum atomic E-state index is 13.0. The molecular weight excluding hydrogens is 351 g/mol. The van der Waals surface area contributed by atoms with E-state index in [1.165, 1.54) is 24.3 Å². The number of halogens is 1. The van der Waals surface area contributed by atoms with Crippen molar-refractivity contribution < 1.29 is 18.7 Å². The first-order valence-corrected chi connectivity index (χ1v) is 9.01. The van der Waals surface area contributed by atoms with Crippen LogP contribution in [0.15, 0.2) is 24.3 Å². The average Bonchev–Trinajstić information content (AvgIpc) is 3.39. The molecule has 0 spiro atoms. The lowest BCUT2D eigenvalue weighted by Gasteiger charge is -2.28. The molecule has 8 heteroatoms. The number of hydrogen-bond donors (Lipinski definition) is 2. The Morgan fingerprint density at radius 2 is 1.93 bits per heavy atom. The molecule has 0 radical (unpaired) electrons. The maximum Gasteiger partial charge on any atom is 0.410 e. The van der Waals surface area contributed by atoms with Gasteiger partial charge < -0.3 is 15.0 Å². The van der Waals surface area contributed by atoms with Crippen LogP contribution < -0.4 is 10.2 Å². The summed E-state index contributed by atoms with van der Waals surface area (Å²) in [7, 11) is 0. The molecule has 0 saturated heterocycles. The standard InChI is InChI=1S/C19H27FN4O3/c1-19(2,3)27-18(26)23(12-14-4-5-14)11-10-22-17(25)24(13-21)16-8-6-15(20)7-9-16/h6-9,13-14,21H,4-5,10-12H2,1-3H3,(H,22,25). The molecule has 3 amide bonds. The van der Waals surface area contributed by atoms with Crippen LogP contribution in [0.2, 0.25) is 0 Å². The summed E-state index contributed by atoms with van der Waals surface area (Å²) in [6, 6.07) is 4.75. The van der Waals surface area contributed by atoms with Crippen molar-refractivity contribution in [3.63, 3.8) is 0 Å². The number of anilines is 1. The molecule has 0 aromatic heterocycles. The third kappa shape index (κ3) is 6.88. The van der Waals surface area contributed by atoms with Crippen LogP contribution in [-0.4, -0.2) is 48.6 Å². The van der Waals surface area contributed by atoms with E-state index in [9.17, 15) is 14.0 Å². The second-order valence-corrected chi connectivity index (χ2v) is 7.58. The summed E-state index contributed by atoms with van der Waals surface area (Å²) in [5.74, 6) is 0.0719. The molecule has 2 N–H and O–H groups in total. The van der Waals surface area contributed by atoms with Crippen molar-refractivity contribution in [3.8, 4) is 0 Å². The van der Waals surface area contributed by atoms with E-state index < -0.39 is 23.5 Å². The molecule has 1 aliphatic carbocycles. The minimum absolute atomic E-state index is 0.219. The highest BCUT2D eigenvalue weighted by Crippen LogP contribution is 2.30. The minimum atomic E-state index is -0.582. The lowest BCUT2D eigenvalue weighted by atomic mass is 10.2. The lowest BCUT2D eigenvalue weighted by molar-refractivity contribution is 0.0244. The number of hydrogen-bond acceptors (Lipinski definition) is 4. The fourth-order valence-electron chi connectivity index (χ4n) is 2.43. The predicted molar refractivity (Wildman–Crippen MR) is 102 cm³/mol. The number of carbonyl (C=O) groups is 2. The summed E-state index contributed by atoms with van der Waals surface area (Å²) in [4.78, 5) is 27.3. The SMILES string of the molecule is CC(C)(C)OC(=O)N(CCNC(=O)N(C=N)c1ccc(F)cc1)CC1CC1. The van der Waals surface area contributed by atoms with Crippen LogP contribution in [0.4, 0.5) is 19.7 Å². The monoisotopic (exact) mass is 378 g/mol. The number of nitrogens with zero attached hydrogens (tertiary/aromatic N) is 2. The van der Waals surface area contributed by atoms with Gasteiger partial charge in [-0.2, -0.15) is 0 Å². The summed E-state index contributed by atoms with van der Waals surface area (Å²) in [6.45, 7) is 6.58. The highest BCUT2D eigenvalue weighted by atomic mass is 19.1. The smallest absolute Gasteiger partial charge is 0.410 e. The van der Waals surface area contributed by atoms with Crippen molar-refractivity contribution in [1.82, 2.24) is 10.2 Å². The summed E-state index contributed by atoms with van der Waals surface area (Å²) in [6.07, 6.45) is 2.65. The van der Waals surface area contributed by atoms with Crippen molar-refractivity contribution in [2.45, 2.75) is 39.2 Å². The zero-order valence-electron chi connectivity index (χ0n) is 16.0. The van der Waals surface area contributed by atoms with Gasteiger partial charge in [-0.1, -0.05) is 0 Å². The second kappa shape index (κ2) is 8.83. The van der Waals surface area contributed by atoms with Crippen LogP contribution in [0.5, 0.6) is 0 Å². The van der Waals surface area contributed by atoms with E-state index in [1.807, 2.05) is 20.8 Å². The van der Waals surface area contributed by atoms with Crippen molar-refractivity contribution >= 4 is 24.2 Å². The van der Waals surface area contributed by atoms with Crippen LogP contribution in [-0.2, 0) is 4.74 Å². The predicted octanol–water partition coefficient (Wildman–Crippen LogP) is 3.60. The summed E-state index contributed by atoms with van der Waals surface area (Å²) < 4.78 is 18.5. The molecule has 2 rings (SSSR count). The van der Waals surface area contributed by atoms with Crippen molar-refractivity contribution in [3.05, 3.63) is 30.1 Å². The molecule has 27 heavy (non-hydrogen) atoms. The molecule has 1 aromatic carbocycles. The van der Waals surface area contributed by atoms with Gasteiger partial charge in [0.2, 0.25) is 0 Å². The van der Waals surface area contributed by atoms with Gasteiger partial charge in [0.15, 0.2) is 0 Å². The zero-order valence-corrected chi connectivity index (χ0v) is 16.0. The highest BCUT2D eigenvalue weighted by molar-refractivity contribution is 6.06. The number of benzene rings is 1. The molecular formula is C19H27FN4O3. The molecule has 0 aliphatic heterocycles. The van der Waals surface area contributed by atoms with Crippen molar-refractivity contribution in [2.75, 3.05) is 24.5 Å². The van der Waals surface area contributed by atoms with Crippen LogP contribution in [0.1, 0.15) is 33.6 Å². The number of urea groups is 1. The third-order valence-electron chi connectivity index (χ3n) is 3.94. The Bertz CT molecular complexity index is 669. The van der Waals surface area contributed by atoms with Gasteiger partial charge in [0, 0.05) is 19.6 Å². The topological polar surface area (TPSA) is 85.7 Å². The fourth-order valence-corrected chi connectivity index (χ4v) is 2.43. The molecule has 0 bridgehead atoms. The quantitative estimate of drug-likeness (QED) is 0.561. The van der Waals surface area contributed by atoms with E-state index in [2.05, 4.69) is 5.32 Å². The minimum Gasteiger partial charge on any atom is -0.444 e. The van der Waals surface area contributed by atoms with Crippen molar-refractivity contribution in [2.24, 2.45) is 5.92 Å². The molecule has 7 nitrogen and oxygen atoms in total. The average molecular weight is 378 g/mol. The van der Waals surface area contributed by atoms with Gasteiger partial charge in [0.1, 0.15) is 11.4 Å². The summed E-state index contributed by atoms with van der Waals surface area (Å²) in [5.41, 5.74) is -0.201. The zero-order chi connectivity index (χ0) is 20.0. The summed E-state index contributed by atoms with van der Waals surface area (Å²) >= 11 is 0. The Morgan fingerprint density at radius 1 is 1.30 bits per heavy atom. The molecule has 1 aromatic rings. The second-order valence-electron chi connectivity index (χ2n) is 7.58. The highest BCUT2D eigenvalue weighted by Gasteiger charge is 2.29. The molecule has 1 aliphatic rings. The normalized spacial score (nSPS) is 13.6. The Labute approximate surface area is 159 Å². The summed E-state index contributed by atoms with van der Waals surface area (Å²) in [5, 5.41) is 10.1. The third-order valence-corrected chi connectivity index (χ3v) is 3.94. The first-order chi connectivity index (χ1) is 12.7. The first kappa shape index (κ1) is 20.7. The number of amides is 3. The maximum absolute atomic E-state index is 13.0. The van der Waals surface area contributed by atoms with E-state index >= 15 is 0 Å². The van der Waals surface area contributed by atoms with Gasteiger partial charge in [-0.25, -0.2) is 14.0 Å². The molecule has 148 valence electrons. The largest absolute Gasteiger partial charge is 0.444 e.